The molecule has 0 amide bonds. The Kier molecular flexibility index (Phi) is 7.63. The smallest absolute Gasteiger partial charge is 0.0462 e. The van der Waals surface area contributed by atoms with Crippen LogP contribution in [0.25, 0.3) is 55.3 Å². The average Bonchev–Trinajstić information content (AvgIpc) is 3.16. The van der Waals surface area contributed by atoms with E-state index >= 15 is 0 Å². The number of hydrogen-bond acceptors (Lipinski definition) is 1. The Balaban J connectivity index is 1.16. The molecule has 222 valence electrons. The van der Waals surface area contributed by atoms with Gasteiger partial charge in [-0.25, -0.2) is 0 Å². The number of rotatable bonds is 7. The van der Waals surface area contributed by atoms with Crippen LogP contribution in [0.4, 0.5) is 17.1 Å². The maximum atomic E-state index is 2.32. The zero-order valence-electron chi connectivity index (χ0n) is 26.0. The summed E-state index contributed by atoms with van der Waals surface area (Å²) < 4.78 is 0. The van der Waals surface area contributed by atoms with Crippen LogP contribution >= 0.6 is 0 Å². The van der Waals surface area contributed by atoms with Crippen LogP contribution < -0.4 is 4.90 Å². The predicted octanol–water partition coefficient (Wildman–Crippen LogP) is 13.0. The van der Waals surface area contributed by atoms with Crippen molar-refractivity contribution in [3.8, 4) is 44.5 Å². The van der Waals surface area contributed by atoms with E-state index in [4.69, 9.17) is 0 Å². The number of anilines is 3. The van der Waals surface area contributed by atoms with Crippen molar-refractivity contribution in [3.63, 3.8) is 0 Å². The lowest BCUT2D eigenvalue weighted by Crippen LogP contribution is -2.09. The lowest BCUT2D eigenvalue weighted by atomic mass is 9.93. The summed E-state index contributed by atoms with van der Waals surface area (Å²) in [5, 5.41) is 2.51. The van der Waals surface area contributed by atoms with E-state index in [-0.39, 0.29) is 0 Å². The zero-order valence-corrected chi connectivity index (χ0v) is 26.0. The van der Waals surface area contributed by atoms with Gasteiger partial charge in [0.25, 0.3) is 0 Å². The van der Waals surface area contributed by atoms with Crippen LogP contribution in [0.3, 0.4) is 0 Å². The normalized spacial score (nSPS) is 11.0. The second-order valence-corrected chi connectivity index (χ2v) is 11.9. The van der Waals surface area contributed by atoms with Crippen molar-refractivity contribution in [2.24, 2.45) is 0 Å². The SMILES string of the molecule is c1ccc(-c2cc(-c3ccccc3)cc(-c3ccc(N(c4ccccc4)c4ccc(-c5ccc6ccccc6c5)cc4)cc3)c2)cc1. The molecule has 0 fully saturated rings. The van der Waals surface area contributed by atoms with E-state index in [9.17, 15) is 0 Å². The molecule has 1 heteroatoms. The molecule has 8 rings (SSSR count). The van der Waals surface area contributed by atoms with Crippen molar-refractivity contribution in [2.75, 3.05) is 4.90 Å². The first-order chi connectivity index (χ1) is 23.3. The fourth-order valence-electron chi connectivity index (χ4n) is 6.39. The van der Waals surface area contributed by atoms with Crippen LogP contribution in [0.2, 0.25) is 0 Å². The molecule has 1 nitrogen and oxygen atoms in total. The molecule has 0 unspecified atom stereocenters. The molecule has 0 aliphatic carbocycles. The number of hydrogen-bond donors (Lipinski definition) is 0. The van der Waals surface area contributed by atoms with Gasteiger partial charge >= 0.3 is 0 Å². The van der Waals surface area contributed by atoms with Gasteiger partial charge < -0.3 is 4.90 Å². The molecular weight excluding hydrogens is 567 g/mol. The van der Waals surface area contributed by atoms with Crippen molar-refractivity contribution in [3.05, 3.63) is 200 Å². The third-order valence-corrected chi connectivity index (χ3v) is 8.83. The zero-order chi connectivity index (χ0) is 31.4. The van der Waals surface area contributed by atoms with Gasteiger partial charge in [-0.05, 0) is 116 Å². The molecule has 0 atom stereocenters. The molecule has 0 bridgehead atoms. The van der Waals surface area contributed by atoms with Crippen LogP contribution in [0.15, 0.2) is 200 Å². The Morgan fingerprint density at radius 1 is 0.213 bits per heavy atom. The summed E-state index contributed by atoms with van der Waals surface area (Å²) in [6, 6.07) is 71.8. The van der Waals surface area contributed by atoms with Crippen LogP contribution in [0.5, 0.6) is 0 Å². The Labute approximate surface area is 276 Å². The molecule has 0 aliphatic rings. The first-order valence-corrected chi connectivity index (χ1v) is 16.1. The van der Waals surface area contributed by atoms with Gasteiger partial charge in [-0.15, -0.1) is 0 Å². The standard InChI is InChI=1S/C46H33N/c1-4-12-34(13-5-1)41-31-42(35-14-6-2-7-15-35)33-43(32-41)38-24-28-46(29-25-38)47(44-18-8-3-9-19-44)45-26-22-37(23-27-45)40-21-20-36-16-10-11-17-39(36)30-40/h1-33H. The van der Waals surface area contributed by atoms with Crippen molar-refractivity contribution in [1.29, 1.82) is 0 Å². The van der Waals surface area contributed by atoms with E-state index in [1.807, 2.05) is 0 Å². The molecule has 8 aromatic rings. The largest absolute Gasteiger partial charge is 0.311 e. The van der Waals surface area contributed by atoms with Gasteiger partial charge in [0.15, 0.2) is 0 Å². The fourth-order valence-corrected chi connectivity index (χ4v) is 6.39. The highest BCUT2D eigenvalue weighted by molar-refractivity contribution is 5.88. The van der Waals surface area contributed by atoms with Crippen molar-refractivity contribution in [1.82, 2.24) is 0 Å². The summed E-state index contributed by atoms with van der Waals surface area (Å²) in [5.74, 6) is 0. The fraction of sp³-hybridized carbons (Fsp3) is 0. The molecular formula is C46H33N. The van der Waals surface area contributed by atoms with E-state index in [1.54, 1.807) is 0 Å². The Morgan fingerprint density at radius 2 is 0.574 bits per heavy atom. The minimum Gasteiger partial charge on any atom is -0.311 e. The first kappa shape index (κ1) is 28.3. The summed E-state index contributed by atoms with van der Waals surface area (Å²) >= 11 is 0. The predicted molar refractivity (Wildman–Crippen MR) is 200 cm³/mol. The van der Waals surface area contributed by atoms with Crippen LogP contribution in [0, 0.1) is 0 Å². The lowest BCUT2D eigenvalue weighted by molar-refractivity contribution is 1.28. The van der Waals surface area contributed by atoms with Crippen LogP contribution in [-0.2, 0) is 0 Å². The number of fused-ring (bicyclic) bond motifs is 1. The first-order valence-electron chi connectivity index (χ1n) is 16.1. The molecule has 0 radical (unpaired) electrons. The molecule has 0 saturated carbocycles. The van der Waals surface area contributed by atoms with E-state index in [0.29, 0.717) is 0 Å². The maximum Gasteiger partial charge on any atom is 0.0462 e. The number of nitrogens with zero attached hydrogens (tertiary/aromatic N) is 1. The molecule has 8 aromatic carbocycles. The molecule has 0 heterocycles. The number of para-hydroxylation sites is 1. The van der Waals surface area contributed by atoms with Gasteiger partial charge in [-0.2, -0.15) is 0 Å². The van der Waals surface area contributed by atoms with E-state index < -0.39 is 0 Å². The van der Waals surface area contributed by atoms with Crippen LogP contribution in [0.1, 0.15) is 0 Å². The summed E-state index contributed by atoms with van der Waals surface area (Å²) in [6.45, 7) is 0. The monoisotopic (exact) mass is 599 g/mol. The summed E-state index contributed by atoms with van der Waals surface area (Å²) in [4.78, 5) is 2.32. The maximum absolute atomic E-state index is 2.32. The highest BCUT2D eigenvalue weighted by atomic mass is 15.1. The summed E-state index contributed by atoms with van der Waals surface area (Å²) in [6.07, 6.45) is 0. The van der Waals surface area contributed by atoms with Crippen LogP contribution in [-0.4, -0.2) is 0 Å². The van der Waals surface area contributed by atoms with Crippen molar-refractivity contribution >= 4 is 27.8 Å². The molecule has 0 spiro atoms. The summed E-state index contributed by atoms with van der Waals surface area (Å²) in [7, 11) is 0. The van der Waals surface area contributed by atoms with Crippen molar-refractivity contribution < 1.29 is 0 Å². The van der Waals surface area contributed by atoms with E-state index in [0.717, 1.165) is 17.1 Å². The van der Waals surface area contributed by atoms with Gasteiger partial charge in [0.2, 0.25) is 0 Å². The molecule has 0 aromatic heterocycles. The highest BCUT2D eigenvalue weighted by Crippen LogP contribution is 2.38. The Morgan fingerprint density at radius 3 is 1.09 bits per heavy atom. The highest BCUT2D eigenvalue weighted by Gasteiger charge is 2.14. The molecule has 0 N–H and O–H groups in total. The van der Waals surface area contributed by atoms with E-state index in [1.165, 1.54) is 55.3 Å². The topological polar surface area (TPSA) is 3.24 Å². The quantitative estimate of drug-likeness (QED) is 0.176. The minimum atomic E-state index is 1.11. The van der Waals surface area contributed by atoms with Gasteiger partial charge in [0.05, 0.1) is 0 Å². The van der Waals surface area contributed by atoms with E-state index in [2.05, 4.69) is 205 Å². The number of benzene rings is 8. The van der Waals surface area contributed by atoms with Crippen molar-refractivity contribution in [2.45, 2.75) is 0 Å². The van der Waals surface area contributed by atoms with Gasteiger partial charge in [-0.1, -0.05) is 140 Å². The molecule has 47 heavy (non-hydrogen) atoms. The van der Waals surface area contributed by atoms with Gasteiger partial charge in [0.1, 0.15) is 0 Å². The second kappa shape index (κ2) is 12.7. The van der Waals surface area contributed by atoms with Gasteiger partial charge in [0, 0.05) is 17.1 Å². The third kappa shape index (κ3) is 5.95. The third-order valence-electron chi connectivity index (χ3n) is 8.83. The lowest BCUT2D eigenvalue weighted by Gasteiger charge is -2.26. The Bertz CT molecular complexity index is 2200. The minimum absolute atomic E-state index is 1.11. The average molecular weight is 600 g/mol. The summed E-state index contributed by atoms with van der Waals surface area (Å²) in [5.41, 5.74) is 13.0. The molecule has 0 saturated heterocycles. The Hall–Kier alpha value is -6.18. The molecule has 0 aliphatic heterocycles. The second-order valence-electron chi connectivity index (χ2n) is 11.9. The van der Waals surface area contributed by atoms with Gasteiger partial charge in [-0.3, -0.25) is 0 Å².